The summed E-state index contributed by atoms with van der Waals surface area (Å²) in [6.07, 6.45) is 6.57. The van der Waals surface area contributed by atoms with Crippen molar-refractivity contribution >= 4 is 11.8 Å². The van der Waals surface area contributed by atoms with Crippen LogP contribution < -0.4 is 10.6 Å². The molecule has 9 heteroatoms. The van der Waals surface area contributed by atoms with Crippen LogP contribution in [0.25, 0.3) is 5.82 Å². The van der Waals surface area contributed by atoms with Gasteiger partial charge in [0, 0.05) is 44.9 Å². The fourth-order valence-electron chi connectivity index (χ4n) is 3.25. The molecule has 0 aliphatic carbocycles. The number of nitrogens with two attached hydrogens (primary N) is 1. The van der Waals surface area contributed by atoms with Gasteiger partial charge in [0.25, 0.3) is 0 Å². The highest BCUT2D eigenvalue weighted by Crippen LogP contribution is 2.25. The maximum Gasteiger partial charge on any atom is 0.224 e. The number of piperidine rings is 1. The van der Waals surface area contributed by atoms with E-state index in [9.17, 15) is 0 Å². The number of aryl methyl sites for hydroxylation is 1. The average Bonchev–Trinajstić information content (AvgIpc) is 3.27. The molecular formula is C16H20N8O. The molecule has 0 spiro atoms. The minimum atomic E-state index is 0.249. The van der Waals surface area contributed by atoms with Gasteiger partial charge in [0.1, 0.15) is 5.82 Å². The third kappa shape index (κ3) is 3.44. The van der Waals surface area contributed by atoms with E-state index < -0.39 is 0 Å². The van der Waals surface area contributed by atoms with Gasteiger partial charge in [-0.3, -0.25) is 0 Å². The molecule has 3 aromatic heterocycles. The van der Waals surface area contributed by atoms with Crippen molar-refractivity contribution < 1.29 is 4.52 Å². The van der Waals surface area contributed by atoms with Gasteiger partial charge < -0.3 is 15.2 Å². The number of nitrogens with zero attached hydrogens (tertiary/aromatic N) is 7. The lowest BCUT2D eigenvalue weighted by Crippen LogP contribution is -2.37. The molecule has 1 atom stereocenters. The molecule has 1 aliphatic heterocycles. The van der Waals surface area contributed by atoms with Crippen LogP contribution in [0.1, 0.15) is 24.6 Å². The number of hydrogen-bond acceptors (Lipinski definition) is 8. The van der Waals surface area contributed by atoms with Crippen LogP contribution in [0.5, 0.6) is 0 Å². The van der Waals surface area contributed by atoms with Gasteiger partial charge in [0.15, 0.2) is 11.6 Å². The number of hydrogen-bond donors (Lipinski definition) is 1. The molecule has 4 heterocycles. The zero-order chi connectivity index (χ0) is 17.2. The zero-order valence-corrected chi connectivity index (χ0v) is 14.0. The van der Waals surface area contributed by atoms with Gasteiger partial charge in [-0.2, -0.15) is 20.1 Å². The summed E-state index contributed by atoms with van der Waals surface area (Å²) < 4.78 is 6.75. The van der Waals surface area contributed by atoms with E-state index in [1.54, 1.807) is 10.9 Å². The maximum absolute atomic E-state index is 5.91. The van der Waals surface area contributed by atoms with Crippen LogP contribution in [0.2, 0.25) is 0 Å². The van der Waals surface area contributed by atoms with Crippen LogP contribution >= 0.6 is 0 Å². The fraction of sp³-hybridized carbons (Fsp3) is 0.438. The monoisotopic (exact) mass is 340 g/mol. The summed E-state index contributed by atoms with van der Waals surface area (Å²) in [7, 11) is 0. The molecule has 130 valence electrons. The van der Waals surface area contributed by atoms with Crippen molar-refractivity contribution in [3.8, 4) is 5.82 Å². The summed E-state index contributed by atoms with van der Waals surface area (Å²) >= 11 is 0. The van der Waals surface area contributed by atoms with Gasteiger partial charge in [0.05, 0.1) is 0 Å². The van der Waals surface area contributed by atoms with Gasteiger partial charge in [-0.1, -0.05) is 5.16 Å². The predicted octanol–water partition coefficient (Wildman–Crippen LogP) is 1.40. The van der Waals surface area contributed by atoms with Crippen LogP contribution in [0.15, 0.2) is 29.0 Å². The second-order valence-electron chi connectivity index (χ2n) is 6.28. The van der Waals surface area contributed by atoms with Gasteiger partial charge in [0.2, 0.25) is 11.8 Å². The Kier molecular flexibility index (Phi) is 4.04. The summed E-state index contributed by atoms with van der Waals surface area (Å²) in [4.78, 5) is 15.2. The van der Waals surface area contributed by atoms with E-state index in [-0.39, 0.29) is 5.95 Å². The van der Waals surface area contributed by atoms with Gasteiger partial charge in [-0.25, -0.2) is 4.68 Å². The number of anilines is 2. The summed E-state index contributed by atoms with van der Waals surface area (Å²) in [6.45, 7) is 3.63. The maximum atomic E-state index is 5.91. The van der Waals surface area contributed by atoms with Crippen molar-refractivity contribution in [2.75, 3.05) is 23.7 Å². The molecule has 1 saturated heterocycles. The molecule has 0 unspecified atom stereocenters. The van der Waals surface area contributed by atoms with Crippen LogP contribution in [-0.2, 0) is 6.42 Å². The van der Waals surface area contributed by atoms with Gasteiger partial charge in [-0.05, 0) is 24.8 Å². The van der Waals surface area contributed by atoms with Crippen molar-refractivity contribution in [2.45, 2.75) is 26.2 Å². The lowest BCUT2D eigenvalue weighted by atomic mass is 9.94. The normalized spacial score (nSPS) is 17.8. The number of nitrogen functional groups attached to an aromatic ring is 1. The van der Waals surface area contributed by atoms with E-state index in [0.29, 0.717) is 17.6 Å². The second-order valence-corrected chi connectivity index (χ2v) is 6.28. The molecule has 1 fully saturated rings. The first-order chi connectivity index (χ1) is 12.2. The first-order valence-corrected chi connectivity index (χ1v) is 8.36. The molecule has 9 nitrogen and oxygen atoms in total. The van der Waals surface area contributed by atoms with Crippen molar-refractivity contribution in [1.29, 1.82) is 0 Å². The lowest BCUT2D eigenvalue weighted by Gasteiger charge is -2.33. The highest BCUT2D eigenvalue weighted by molar-refractivity contribution is 5.48. The van der Waals surface area contributed by atoms with E-state index in [2.05, 4.69) is 30.1 Å². The molecule has 0 amide bonds. The van der Waals surface area contributed by atoms with E-state index in [1.807, 2.05) is 25.3 Å². The largest absolute Gasteiger partial charge is 0.368 e. The van der Waals surface area contributed by atoms with Gasteiger partial charge >= 0.3 is 0 Å². The predicted molar refractivity (Wildman–Crippen MR) is 91.2 cm³/mol. The smallest absolute Gasteiger partial charge is 0.224 e. The van der Waals surface area contributed by atoms with E-state index in [1.165, 1.54) is 0 Å². The summed E-state index contributed by atoms with van der Waals surface area (Å²) in [5.41, 5.74) is 5.91. The molecule has 2 N–H and O–H groups in total. The summed E-state index contributed by atoms with van der Waals surface area (Å²) in [5.74, 6) is 3.57. The Morgan fingerprint density at radius 1 is 1.28 bits per heavy atom. The topological polar surface area (TPSA) is 112 Å². The SMILES string of the molecule is Cc1nc(C[C@H]2CCCN(c3cc(-n4cccn4)nc(N)n3)C2)no1. The number of rotatable bonds is 4. The van der Waals surface area contributed by atoms with Gasteiger partial charge in [-0.15, -0.1) is 0 Å². The van der Waals surface area contributed by atoms with Crippen LogP contribution in [-0.4, -0.2) is 43.0 Å². The Labute approximate surface area is 144 Å². The molecular weight excluding hydrogens is 320 g/mol. The van der Waals surface area contributed by atoms with Crippen molar-refractivity contribution in [3.63, 3.8) is 0 Å². The Morgan fingerprint density at radius 3 is 2.92 bits per heavy atom. The molecule has 3 aromatic rings. The van der Waals surface area contributed by atoms with E-state index in [0.717, 1.165) is 44.0 Å². The molecule has 25 heavy (non-hydrogen) atoms. The molecule has 4 rings (SSSR count). The first kappa shape index (κ1) is 15.6. The van der Waals surface area contributed by atoms with E-state index >= 15 is 0 Å². The molecule has 0 bridgehead atoms. The summed E-state index contributed by atoms with van der Waals surface area (Å²) in [5, 5.41) is 8.22. The molecule has 1 aliphatic rings. The van der Waals surface area contributed by atoms with Crippen LogP contribution in [0.4, 0.5) is 11.8 Å². The molecule has 0 saturated carbocycles. The second kappa shape index (κ2) is 6.50. The van der Waals surface area contributed by atoms with Crippen molar-refractivity contribution in [2.24, 2.45) is 5.92 Å². The average molecular weight is 340 g/mol. The quantitative estimate of drug-likeness (QED) is 0.758. The molecule has 0 radical (unpaired) electrons. The van der Waals surface area contributed by atoms with Crippen molar-refractivity contribution in [1.82, 2.24) is 29.9 Å². The summed E-state index contributed by atoms with van der Waals surface area (Å²) in [6, 6.07) is 3.77. The highest BCUT2D eigenvalue weighted by Gasteiger charge is 2.23. The van der Waals surface area contributed by atoms with E-state index in [4.69, 9.17) is 10.3 Å². The minimum absolute atomic E-state index is 0.249. The Bertz CT molecular complexity index is 844. The standard InChI is InChI=1S/C16H20N8O/c1-11-19-13(22-25-11)8-12-4-2-6-23(10-12)14-9-15(21-16(17)20-14)24-7-3-5-18-24/h3,5,7,9,12H,2,4,6,8,10H2,1H3,(H2,17,20,21)/t12-/m1/s1. The zero-order valence-electron chi connectivity index (χ0n) is 14.0. The van der Waals surface area contributed by atoms with Crippen LogP contribution in [0.3, 0.4) is 0 Å². The Balaban J connectivity index is 1.53. The minimum Gasteiger partial charge on any atom is -0.368 e. The van der Waals surface area contributed by atoms with Crippen molar-refractivity contribution in [3.05, 3.63) is 36.2 Å². The number of aromatic nitrogens is 6. The fourth-order valence-corrected chi connectivity index (χ4v) is 3.25. The Morgan fingerprint density at radius 2 is 2.16 bits per heavy atom. The Hall–Kier alpha value is -2.97. The molecule has 0 aromatic carbocycles. The lowest BCUT2D eigenvalue weighted by molar-refractivity contribution is 0.369. The third-order valence-corrected chi connectivity index (χ3v) is 4.34. The highest BCUT2D eigenvalue weighted by atomic mass is 16.5. The third-order valence-electron chi connectivity index (χ3n) is 4.34. The van der Waals surface area contributed by atoms with Crippen LogP contribution in [0, 0.1) is 12.8 Å². The first-order valence-electron chi connectivity index (χ1n) is 8.36.